The molecule has 0 aliphatic rings. The molecule has 0 atom stereocenters. The molecular weight excluding hydrogens is 274 g/mol. The first kappa shape index (κ1) is 16.4. The van der Waals surface area contributed by atoms with Crippen molar-refractivity contribution in [3.63, 3.8) is 0 Å². The summed E-state index contributed by atoms with van der Waals surface area (Å²) >= 11 is 0. The molecule has 0 aromatic carbocycles. The lowest BCUT2D eigenvalue weighted by molar-refractivity contribution is -0.131. The number of carbonyl (C=O) groups excluding carboxylic acids is 2. The monoisotopic (exact) mass is 291 g/mol. The third-order valence-corrected chi connectivity index (χ3v) is 2.82. The SMILES string of the molecule is CC(C)(CNC(=O)c1ncccc1/C=C/C(=O)O)C(N)=O. The van der Waals surface area contributed by atoms with E-state index >= 15 is 0 Å². The van der Waals surface area contributed by atoms with Gasteiger partial charge >= 0.3 is 5.97 Å². The zero-order valence-corrected chi connectivity index (χ0v) is 11.8. The molecule has 1 heterocycles. The number of nitrogens with two attached hydrogens (primary N) is 1. The number of aliphatic carboxylic acids is 1. The van der Waals surface area contributed by atoms with Gasteiger partial charge in [-0.3, -0.25) is 14.6 Å². The molecule has 0 radical (unpaired) electrons. The molecule has 0 saturated heterocycles. The topological polar surface area (TPSA) is 122 Å². The van der Waals surface area contributed by atoms with Crippen LogP contribution in [-0.2, 0) is 9.59 Å². The van der Waals surface area contributed by atoms with Crippen LogP contribution < -0.4 is 11.1 Å². The Morgan fingerprint density at radius 2 is 2.10 bits per heavy atom. The van der Waals surface area contributed by atoms with Gasteiger partial charge in [-0.1, -0.05) is 6.07 Å². The Balaban J connectivity index is 2.88. The Kier molecular flexibility index (Phi) is 5.18. The van der Waals surface area contributed by atoms with E-state index in [1.807, 2.05) is 0 Å². The fraction of sp³-hybridized carbons (Fsp3) is 0.286. The maximum Gasteiger partial charge on any atom is 0.328 e. The van der Waals surface area contributed by atoms with Gasteiger partial charge in [-0.25, -0.2) is 4.79 Å². The van der Waals surface area contributed by atoms with Crippen LogP contribution in [0.4, 0.5) is 0 Å². The predicted octanol–water partition coefficient (Wildman–Crippen LogP) is 0.421. The molecule has 0 spiro atoms. The van der Waals surface area contributed by atoms with E-state index in [1.54, 1.807) is 26.0 Å². The van der Waals surface area contributed by atoms with E-state index in [0.717, 1.165) is 6.08 Å². The van der Waals surface area contributed by atoms with Gasteiger partial charge in [0.05, 0.1) is 5.41 Å². The summed E-state index contributed by atoms with van der Waals surface area (Å²) in [5.74, 6) is -2.16. The highest BCUT2D eigenvalue weighted by molar-refractivity contribution is 5.97. The van der Waals surface area contributed by atoms with Crippen LogP contribution in [0, 0.1) is 5.41 Å². The maximum absolute atomic E-state index is 12.1. The molecular formula is C14H17N3O4. The summed E-state index contributed by atoms with van der Waals surface area (Å²) < 4.78 is 0. The third-order valence-electron chi connectivity index (χ3n) is 2.82. The zero-order valence-electron chi connectivity index (χ0n) is 11.8. The van der Waals surface area contributed by atoms with E-state index in [2.05, 4.69) is 10.3 Å². The summed E-state index contributed by atoms with van der Waals surface area (Å²) in [6.45, 7) is 3.28. The van der Waals surface area contributed by atoms with E-state index in [-0.39, 0.29) is 12.2 Å². The fourth-order valence-electron chi connectivity index (χ4n) is 1.38. The van der Waals surface area contributed by atoms with Gasteiger partial charge in [0, 0.05) is 24.4 Å². The number of primary amides is 1. The Morgan fingerprint density at radius 3 is 2.67 bits per heavy atom. The van der Waals surface area contributed by atoms with Crippen molar-refractivity contribution < 1.29 is 19.5 Å². The van der Waals surface area contributed by atoms with Crippen LogP contribution in [-0.4, -0.2) is 34.4 Å². The van der Waals surface area contributed by atoms with Crippen molar-refractivity contribution in [1.29, 1.82) is 0 Å². The fourth-order valence-corrected chi connectivity index (χ4v) is 1.38. The number of amides is 2. The van der Waals surface area contributed by atoms with E-state index < -0.39 is 23.2 Å². The van der Waals surface area contributed by atoms with Crippen LogP contribution in [0.15, 0.2) is 24.4 Å². The van der Waals surface area contributed by atoms with Crippen molar-refractivity contribution in [2.24, 2.45) is 11.1 Å². The number of pyridine rings is 1. The first-order valence-electron chi connectivity index (χ1n) is 6.18. The van der Waals surface area contributed by atoms with Gasteiger partial charge < -0.3 is 16.2 Å². The molecule has 7 nitrogen and oxygen atoms in total. The second kappa shape index (κ2) is 6.65. The number of carbonyl (C=O) groups is 3. The molecule has 2 amide bonds. The lowest BCUT2D eigenvalue weighted by atomic mass is 9.92. The summed E-state index contributed by atoms with van der Waals surface area (Å²) in [6.07, 6.45) is 3.62. The summed E-state index contributed by atoms with van der Waals surface area (Å²) in [6, 6.07) is 3.16. The molecule has 4 N–H and O–H groups in total. The average Bonchev–Trinajstić information content (AvgIpc) is 2.42. The smallest absolute Gasteiger partial charge is 0.328 e. The molecule has 1 aromatic rings. The van der Waals surface area contributed by atoms with E-state index in [1.165, 1.54) is 12.3 Å². The highest BCUT2D eigenvalue weighted by atomic mass is 16.4. The number of carboxylic acid groups (broad SMARTS) is 1. The van der Waals surface area contributed by atoms with Gasteiger partial charge in [-0.15, -0.1) is 0 Å². The highest BCUT2D eigenvalue weighted by Gasteiger charge is 2.26. The summed E-state index contributed by atoms with van der Waals surface area (Å²) in [5.41, 5.74) is 4.78. The summed E-state index contributed by atoms with van der Waals surface area (Å²) in [5, 5.41) is 11.2. The van der Waals surface area contributed by atoms with Gasteiger partial charge in [-0.2, -0.15) is 0 Å². The van der Waals surface area contributed by atoms with Crippen LogP contribution in [0.3, 0.4) is 0 Å². The molecule has 0 fully saturated rings. The first-order chi connectivity index (χ1) is 9.74. The number of nitrogens with one attached hydrogen (secondary N) is 1. The number of hydrogen-bond acceptors (Lipinski definition) is 4. The van der Waals surface area contributed by atoms with Gasteiger partial charge in [-0.05, 0) is 26.0 Å². The number of hydrogen-bond donors (Lipinski definition) is 3. The number of aromatic nitrogens is 1. The van der Waals surface area contributed by atoms with Crippen molar-refractivity contribution in [3.8, 4) is 0 Å². The third kappa shape index (κ3) is 4.72. The summed E-state index contributed by atoms with van der Waals surface area (Å²) in [4.78, 5) is 37.7. The Hall–Kier alpha value is -2.70. The van der Waals surface area contributed by atoms with Crippen LogP contribution in [0.1, 0.15) is 29.9 Å². The lowest BCUT2D eigenvalue weighted by Crippen LogP contribution is -2.42. The predicted molar refractivity (Wildman–Crippen MR) is 76.2 cm³/mol. The molecule has 1 rings (SSSR count). The largest absolute Gasteiger partial charge is 0.478 e. The Labute approximate surface area is 121 Å². The maximum atomic E-state index is 12.1. The minimum atomic E-state index is -1.12. The van der Waals surface area contributed by atoms with Crippen LogP contribution in [0.2, 0.25) is 0 Å². The normalized spacial score (nSPS) is 11.3. The second-order valence-electron chi connectivity index (χ2n) is 5.04. The first-order valence-corrected chi connectivity index (χ1v) is 6.18. The van der Waals surface area contributed by atoms with Gasteiger partial charge in [0.2, 0.25) is 5.91 Å². The minimum absolute atomic E-state index is 0.0554. The minimum Gasteiger partial charge on any atom is -0.478 e. The molecule has 0 unspecified atom stereocenters. The van der Waals surface area contributed by atoms with Crippen LogP contribution in [0.25, 0.3) is 6.08 Å². The molecule has 112 valence electrons. The van der Waals surface area contributed by atoms with E-state index in [4.69, 9.17) is 10.8 Å². The van der Waals surface area contributed by atoms with Crippen molar-refractivity contribution in [3.05, 3.63) is 35.7 Å². The second-order valence-corrected chi connectivity index (χ2v) is 5.04. The molecule has 1 aromatic heterocycles. The highest BCUT2D eigenvalue weighted by Crippen LogP contribution is 2.13. The number of nitrogens with zero attached hydrogens (tertiary/aromatic N) is 1. The molecule has 0 saturated carbocycles. The number of rotatable bonds is 6. The van der Waals surface area contributed by atoms with E-state index in [9.17, 15) is 14.4 Å². The van der Waals surface area contributed by atoms with Crippen molar-refractivity contribution in [1.82, 2.24) is 10.3 Å². The molecule has 7 heteroatoms. The van der Waals surface area contributed by atoms with Crippen molar-refractivity contribution in [2.75, 3.05) is 6.54 Å². The number of carboxylic acids is 1. The lowest BCUT2D eigenvalue weighted by Gasteiger charge is -2.20. The van der Waals surface area contributed by atoms with Crippen molar-refractivity contribution in [2.45, 2.75) is 13.8 Å². The molecule has 0 bridgehead atoms. The zero-order chi connectivity index (χ0) is 16.0. The van der Waals surface area contributed by atoms with Crippen molar-refractivity contribution >= 4 is 23.9 Å². The summed E-state index contributed by atoms with van der Waals surface area (Å²) in [7, 11) is 0. The van der Waals surface area contributed by atoms with E-state index in [0.29, 0.717) is 5.56 Å². The molecule has 0 aliphatic carbocycles. The van der Waals surface area contributed by atoms with Gasteiger partial charge in [0.15, 0.2) is 0 Å². The quantitative estimate of drug-likeness (QED) is 0.655. The van der Waals surface area contributed by atoms with Gasteiger partial charge in [0.25, 0.3) is 5.91 Å². The molecule has 21 heavy (non-hydrogen) atoms. The standard InChI is InChI=1S/C14H17N3O4/c1-14(2,13(15)21)8-17-12(20)11-9(4-3-7-16-11)5-6-10(18)19/h3-7H,8H2,1-2H3,(H2,15,21)(H,17,20)(H,18,19)/b6-5+. The van der Waals surface area contributed by atoms with Gasteiger partial charge in [0.1, 0.15) is 5.69 Å². The van der Waals surface area contributed by atoms with Crippen LogP contribution >= 0.6 is 0 Å². The average molecular weight is 291 g/mol. The Morgan fingerprint density at radius 1 is 1.43 bits per heavy atom. The van der Waals surface area contributed by atoms with Crippen LogP contribution in [0.5, 0.6) is 0 Å². The molecule has 0 aliphatic heterocycles. The Bertz CT molecular complexity index is 594.